The number of nitrogens with zero attached hydrogens (tertiary/aromatic N) is 3. The van der Waals surface area contributed by atoms with Crippen LogP contribution in [0.4, 0.5) is 5.88 Å². The van der Waals surface area contributed by atoms with E-state index in [1.165, 1.54) is 0 Å². The molecule has 0 aliphatic rings. The first-order valence-electron chi connectivity index (χ1n) is 6.38. The second-order valence-corrected chi connectivity index (χ2v) is 4.61. The number of benzene rings is 1. The van der Waals surface area contributed by atoms with Gasteiger partial charge in [-0.1, -0.05) is 16.8 Å². The molecule has 6 nitrogen and oxygen atoms in total. The fraction of sp³-hybridized carbons (Fsp3) is 0.133. The van der Waals surface area contributed by atoms with Crippen LogP contribution >= 0.6 is 0 Å². The second kappa shape index (κ2) is 5.24. The van der Waals surface area contributed by atoms with Gasteiger partial charge in [0.2, 0.25) is 5.88 Å². The molecule has 3 rings (SSSR count). The first-order valence-corrected chi connectivity index (χ1v) is 6.38. The summed E-state index contributed by atoms with van der Waals surface area (Å²) in [6.45, 7) is 2.00. The number of nitrogen functional groups attached to an aromatic ring is 1. The number of ether oxygens (including phenoxy) is 1. The summed E-state index contributed by atoms with van der Waals surface area (Å²) in [7, 11) is 1.62. The van der Waals surface area contributed by atoms with E-state index in [4.69, 9.17) is 15.0 Å². The Morgan fingerprint density at radius 3 is 2.76 bits per heavy atom. The van der Waals surface area contributed by atoms with Crippen LogP contribution in [0.5, 0.6) is 5.75 Å². The number of hydrogen-bond donors (Lipinski definition) is 1. The highest BCUT2D eigenvalue weighted by Crippen LogP contribution is 2.40. The molecule has 106 valence electrons. The van der Waals surface area contributed by atoms with Gasteiger partial charge in [0.25, 0.3) is 0 Å². The number of nitrogens with two attached hydrogens (primary N) is 1. The lowest BCUT2D eigenvalue weighted by molar-refractivity contribution is 0.416. The molecule has 2 N–H and O–H groups in total. The first kappa shape index (κ1) is 13.1. The van der Waals surface area contributed by atoms with E-state index in [2.05, 4.69) is 15.4 Å². The highest BCUT2D eigenvalue weighted by atomic mass is 16.5. The molecule has 0 aliphatic heterocycles. The lowest BCUT2D eigenvalue weighted by atomic mass is 9.99. The summed E-state index contributed by atoms with van der Waals surface area (Å²) >= 11 is 0. The van der Waals surface area contributed by atoms with Crippen molar-refractivity contribution in [3.63, 3.8) is 0 Å². The topological polar surface area (TPSA) is 87.1 Å². The minimum atomic E-state index is 0.241. The Morgan fingerprint density at radius 2 is 2.05 bits per heavy atom. The smallest absolute Gasteiger partial charge is 0.230 e. The van der Waals surface area contributed by atoms with Gasteiger partial charge in [-0.3, -0.25) is 0 Å². The summed E-state index contributed by atoms with van der Waals surface area (Å²) in [4.78, 5) is 0. The molecule has 6 heteroatoms. The molecule has 0 fully saturated rings. The largest absolute Gasteiger partial charge is 0.496 e. The quantitative estimate of drug-likeness (QED) is 0.794. The van der Waals surface area contributed by atoms with Crippen LogP contribution in [0, 0.1) is 6.92 Å². The third-order valence-corrected chi connectivity index (χ3v) is 3.20. The molecule has 0 aliphatic carbocycles. The molecule has 0 radical (unpaired) electrons. The zero-order valence-electron chi connectivity index (χ0n) is 11.7. The van der Waals surface area contributed by atoms with E-state index < -0.39 is 0 Å². The predicted octanol–water partition coefficient (Wildman–Crippen LogP) is 2.70. The summed E-state index contributed by atoms with van der Waals surface area (Å²) in [6, 6.07) is 7.65. The van der Waals surface area contributed by atoms with Crippen molar-refractivity contribution < 1.29 is 9.26 Å². The summed E-state index contributed by atoms with van der Waals surface area (Å²) < 4.78 is 10.6. The standard InChI is InChI=1S/C15H14N4O2/c1-9-3-4-12(20-2)11(7-9)13-14(19-21-15(13)16)10-5-6-17-18-8-10/h3-8H,16H2,1-2H3. The van der Waals surface area contributed by atoms with Crippen LogP contribution in [0.2, 0.25) is 0 Å². The second-order valence-electron chi connectivity index (χ2n) is 4.61. The molecule has 0 bridgehead atoms. The average Bonchev–Trinajstić information content (AvgIpc) is 2.89. The minimum absolute atomic E-state index is 0.241. The number of anilines is 1. The highest BCUT2D eigenvalue weighted by molar-refractivity contribution is 5.89. The van der Waals surface area contributed by atoms with E-state index in [9.17, 15) is 0 Å². The Hall–Kier alpha value is -2.89. The van der Waals surface area contributed by atoms with Gasteiger partial charge in [0.05, 0.1) is 25.1 Å². The van der Waals surface area contributed by atoms with Crippen molar-refractivity contribution in [3.8, 4) is 28.1 Å². The van der Waals surface area contributed by atoms with Crippen molar-refractivity contribution >= 4 is 5.88 Å². The molecule has 3 aromatic rings. The zero-order valence-corrected chi connectivity index (χ0v) is 11.7. The van der Waals surface area contributed by atoms with Crippen LogP contribution in [0.25, 0.3) is 22.4 Å². The molecule has 1 aromatic carbocycles. The Bertz CT molecular complexity index is 769. The molecular weight excluding hydrogens is 268 g/mol. The monoisotopic (exact) mass is 282 g/mol. The molecule has 0 atom stereocenters. The SMILES string of the molecule is COc1ccc(C)cc1-c1c(-c2ccnnc2)noc1N. The molecular formula is C15H14N4O2. The van der Waals surface area contributed by atoms with Crippen molar-refractivity contribution in [2.45, 2.75) is 6.92 Å². The third-order valence-electron chi connectivity index (χ3n) is 3.20. The maximum absolute atomic E-state index is 5.96. The van der Waals surface area contributed by atoms with E-state index in [0.717, 1.165) is 16.7 Å². The van der Waals surface area contributed by atoms with Gasteiger partial charge in [0.1, 0.15) is 11.4 Å². The number of rotatable bonds is 3. The van der Waals surface area contributed by atoms with Crippen LogP contribution in [0.1, 0.15) is 5.56 Å². The lowest BCUT2D eigenvalue weighted by Crippen LogP contribution is -1.93. The van der Waals surface area contributed by atoms with Gasteiger partial charge >= 0.3 is 0 Å². The van der Waals surface area contributed by atoms with Crippen LogP contribution in [-0.4, -0.2) is 22.5 Å². The van der Waals surface area contributed by atoms with E-state index in [1.54, 1.807) is 25.6 Å². The fourth-order valence-corrected chi connectivity index (χ4v) is 2.21. The fourth-order valence-electron chi connectivity index (χ4n) is 2.21. The summed E-state index contributed by atoms with van der Waals surface area (Å²) in [5, 5.41) is 11.7. The molecule has 2 heterocycles. The molecule has 0 spiro atoms. The maximum atomic E-state index is 5.96. The van der Waals surface area contributed by atoms with Gasteiger partial charge in [-0.05, 0) is 25.1 Å². The third kappa shape index (κ3) is 2.31. The number of aromatic nitrogens is 3. The molecule has 0 amide bonds. The number of hydrogen-bond acceptors (Lipinski definition) is 6. The average molecular weight is 282 g/mol. The molecule has 0 unspecified atom stereocenters. The van der Waals surface area contributed by atoms with Gasteiger partial charge in [-0.15, -0.1) is 0 Å². The van der Waals surface area contributed by atoms with Gasteiger partial charge in [0, 0.05) is 11.1 Å². The molecule has 21 heavy (non-hydrogen) atoms. The highest BCUT2D eigenvalue weighted by Gasteiger charge is 2.20. The van der Waals surface area contributed by atoms with Gasteiger partial charge in [-0.2, -0.15) is 10.2 Å². The van der Waals surface area contributed by atoms with Crippen LogP contribution < -0.4 is 10.5 Å². The van der Waals surface area contributed by atoms with Gasteiger partial charge in [-0.25, -0.2) is 0 Å². The molecule has 0 saturated heterocycles. The summed E-state index contributed by atoms with van der Waals surface area (Å²) in [5.41, 5.74) is 9.98. The Kier molecular flexibility index (Phi) is 3.27. The van der Waals surface area contributed by atoms with Gasteiger partial charge < -0.3 is 15.0 Å². The van der Waals surface area contributed by atoms with Crippen LogP contribution in [0.15, 0.2) is 41.2 Å². The van der Waals surface area contributed by atoms with Crippen molar-refractivity contribution in [3.05, 3.63) is 42.2 Å². The van der Waals surface area contributed by atoms with E-state index in [1.807, 2.05) is 25.1 Å². The summed E-state index contributed by atoms with van der Waals surface area (Å²) in [6.07, 6.45) is 3.21. The normalized spacial score (nSPS) is 10.6. The predicted molar refractivity (Wildman–Crippen MR) is 78.7 cm³/mol. The van der Waals surface area contributed by atoms with Crippen molar-refractivity contribution in [2.24, 2.45) is 0 Å². The van der Waals surface area contributed by atoms with Crippen LogP contribution in [0.3, 0.4) is 0 Å². The van der Waals surface area contributed by atoms with Crippen molar-refractivity contribution in [1.82, 2.24) is 15.4 Å². The lowest BCUT2D eigenvalue weighted by Gasteiger charge is -2.09. The van der Waals surface area contributed by atoms with Gasteiger partial charge in [0.15, 0.2) is 0 Å². The maximum Gasteiger partial charge on any atom is 0.230 e. The number of aryl methyl sites for hydroxylation is 1. The molecule has 2 aromatic heterocycles. The van der Waals surface area contributed by atoms with E-state index >= 15 is 0 Å². The van der Waals surface area contributed by atoms with E-state index in [0.29, 0.717) is 17.0 Å². The van der Waals surface area contributed by atoms with Crippen LogP contribution in [-0.2, 0) is 0 Å². The Labute approximate surface area is 121 Å². The minimum Gasteiger partial charge on any atom is -0.496 e. The molecule has 0 saturated carbocycles. The first-order chi connectivity index (χ1) is 10.2. The number of methoxy groups -OCH3 is 1. The van der Waals surface area contributed by atoms with E-state index in [-0.39, 0.29) is 5.88 Å². The van der Waals surface area contributed by atoms with Crippen molar-refractivity contribution in [2.75, 3.05) is 12.8 Å². The zero-order chi connectivity index (χ0) is 14.8. The Morgan fingerprint density at radius 1 is 1.19 bits per heavy atom. The van der Waals surface area contributed by atoms with Crippen molar-refractivity contribution in [1.29, 1.82) is 0 Å². The Balaban J connectivity index is 2.24. The summed E-state index contributed by atoms with van der Waals surface area (Å²) in [5.74, 6) is 0.949.